The summed E-state index contributed by atoms with van der Waals surface area (Å²) in [5.41, 5.74) is 1.08. The molecule has 140 valence electrons. The molecule has 0 spiro atoms. The van der Waals surface area contributed by atoms with Crippen molar-refractivity contribution in [3.8, 4) is 5.75 Å². The summed E-state index contributed by atoms with van der Waals surface area (Å²) < 4.78 is 7.94. The van der Waals surface area contributed by atoms with Gasteiger partial charge in [-0.1, -0.05) is 18.2 Å². The van der Waals surface area contributed by atoms with Crippen LogP contribution in [0.4, 0.5) is 0 Å². The van der Waals surface area contributed by atoms with E-state index in [0.29, 0.717) is 32.8 Å². The van der Waals surface area contributed by atoms with E-state index in [1.807, 2.05) is 35.0 Å². The first-order valence-corrected chi connectivity index (χ1v) is 8.94. The summed E-state index contributed by atoms with van der Waals surface area (Å²) in [7, 11) is 0. The molecule has 0 bridgehead atoms. The highest BCUT2D eigenvalue weighted by atomic mass is 16.5. The Morgan fingerprint density at radius 1 is 1.31 bits per heavy atom. The zero-order chi connectivity index (χ0) is 18.4. The van der Waals surface area contributed by atoms with Gasteiger partial charge in [-0.3, -0.25) is 9.69 Å². The topological polar surface area (TPSA) is 70.8 Å². The fourth-order valence-electron chi connectivity index (χ4n) is 3.18. The number of hydrogen-bond acceptors (Lipinski definition) is 5. The number of benzene rings is 1. The van der Waals surface area contributed by atoms with Crippen LogP contribution in [0.2, 0.25) is 0 Å². The van der Waals surface area contributed by atoms with E-state index in [9.17, 15) is 9.90 Å². The molecule has 2 heterocycles. The van der Waals surface area contributed by atoms with Gasteiger partial charge in [0.05, 0.1) is 19.0 Å². The van der Waals surface area contributed by atoms with Crippen molar-refractivity contribution in [2.75, 3.05) is 32.8 Å². The largest absolute Gasteiger partial charge is 0.491 e. The first-order chi connectivity index (χ1) is 12.6. The van der Waals surface area contributed by atoms with Crippen LogP contribution in [0.5, 0.6) is 5.75 Å². The molecule has 1 N–H and O–H groups in total. The Balaban J connectivity index is 1.59. The summed E-state index contributed by atoms with van der Waals surface area (Å²) in [6.45, 7) is 5.85. The van der Waals surface area contributed by atoms with Gasteiger partial charge < -0.3 is 19.3 Å². The Hall–Kier alpha value is -2.38. The highest BCUT2D eigenvalue weighted by Gasteiger charge is 2.23. The molecule has 1 aliphatic rings. The number of aromatic nitrogens is 2. The Morgan fingerprint density at radius 2 is 2.15 bits per heavy atom. The van der Waals surface area contributed by atoms with Crippen molar-refractivity contribution in [2.45, 2.75) is 26.1 Å². The van der Waals surface area contributed by atoms with Gasteiger partial charge >= 0.3 is 0 Å². The van der Waals surface area contributed by atoms with Crippen molar-refractivity contribution >= 4 is 5.91 Å². The van der Waals surface area contributed by atoms with E-state index < -0.39 is 6.10 Å². The molecular formula is C19H26N4O3. The molecule has 0 aliphatic carbocycles. The van der Waals surface area contributed by atoms with Crippen LogP contribution in [0.3, 0.4) is 0 Å². The third-order valence-electron chi connectivity index (χ3n) is 4.56. The van der Waals surface area contributed by atoms with Crippen molar-refractivity contribution in [3.05, 3.63) is 48.5 Å². The molecule has 1 aliphatic heterocycles. The van der Waals surface area contributed by atoms with E-state index in [1.54, 1.807) is 24.3 Å². The quantitative estimate of drug-likeness (QED) is 0.834. The Labute approximate surface area is 153 Å². The number of rotatable bonds is 6. The van der Waals surface area contributed by atoms with Gasteiger partial charge in [0.1, 0.15) is 12.4 Å². The van der Waals surface area contributed by atoms with Gasteiger partial charge in [0.2, 0.25) is 5.91 Å². The van der Waals surface area contributed by atoms with Crippen molar-refractivity contribution in [1.82, 2.24) is 19.4 Å². The zero-order valence-electron chi connectivity index (χ0n) is 15.1. The second-order valence-corrected chi connectivity index (χ2v) is 6.61. The molecule has 26 heavy (non-hydrogen) atoms. The Morgan fingerprint density at radius 3 is 2.92 bits per heavy atom. The number of aliphatic hydroxyl groups excluding tert-OH is 1. The molecule has 1 saturated heterocycles. The standard InChI is InChI=1S/C19H26N4O3/c1-16(24)23-9-8-22(13-18(25)14-23)12-17-4-2-3-5-19(17)26-11-10-21-7-6-20-15-21/h2-7,15,18,25H,8-14H2,1H3. The first-order valence-electron chi connectivity index (χ1n) is 8.94. The van der Waals surface area contributed by atoms with Gasteiger partial charge in [-0.05, 0) is 6.07 Å². The summed E-state index contributed by atoms with van der Waals surface area (Å²) in [6, 6.07) is 7.98. The second kappa shape index (κ2) is 8.82. The summed E-state index contributed by atoms with van der Waals surface area (Å²) in [4.78, 5) is 19.5. The molecule has 1 atom stereocenters. The molecule has 2 aromatic rings. The number of carbonyl (C=O) groups excluding carboxylic acids is 1. The SMILES string of the molecule is CC(=O)N1CCN(Cc2ccccc2OCCn2ccnc2)CC(O)C1. The average Bonchev–Trinajstić information content (AvgIpc) is 3.05. The summed E-state index contributed by atoms with van der Waals surface area (Å²) >= 11 is 0. The number of β-amino-alcohol motifs (C(OH)–C–C–N with tert-alkyl or cyclic N) is 1. The zero-order valence-corrected chi connectivity index (χ0v) is 15.1. The lowest BCUT2D eigenvalue weighted by atomic mass is 10.2. The molecule has 1 aromatic carbocycles. The highest BCUT2D eigenvalue weighted by Crippen LogP contribution is 2.21. The lowest BCUT2D eigenvalue weighted by molar-refractivity contribution is -0.129. The van der Waals surface area contributed by atoms with Gasteiger partial charge in [-0.25, -0.2) is 4.98 Å². The van der Waals surface area contributed by atoms with E-state index in [0.717, 1.165) is 24.4 Å². The van der Waals surface area contributed by atoms with E-state index in [-0.39, 0.29) is 5.91 Å². The molecule has 0 radical (unpaired) electrons. The third kappa shape index (κ3) is 5.06. The minimum atomic E-state index is -0.532. The molecule has 1 fully saturated rings. The predicted octanol–water partition coefficient (Wildman–Crippen LogP) is 0.987. The minimum Gasteiger partial charge on any atom is -0.491 e. The number of carbonyl (C=O) groups is 1. The van der Waals surface area contributed by atoms with Crippen LogP contribution >= 0.6 is 0 Å². The van der Waals surface area contributed by atoms with E-state index in [2.05, 4.69) is 9.88 Å². The van der Waals surface area contributed by atoms with Crippen LogP contribution in [0.25, 0.3) is 0 Å². The van der Waals surface area contributed by atoms with Crippen LogP contribution < -0.4 is 4.74 Å². The van der Waals surface area contributed by atoms with Crippen molar-refractivity contribution in [3.63, 3.8) is 0 Å². The molecule has 0 saturated carbocycles. The molecule has 7 nitrogen and oxygen atoms in total. The van der Waals surface area contributed by atoms with Crippen molar-refractivity contribution in [1.29, 1.82) is 0 Å². The van der Waals surface area contributed by atoms with Crippen LogP contribution in [0, 0.1) is 0 Å². The van der Waals surface area contributed by atoms with E-state index in [1.165, 1.54) is 0 Å². The molecule has 1 unspecified atom stereocenters. The summed E-state index contributed by atoms with van der Waals surface area (Å²) in [5.74, 6) is 0.865. The predicted molar refractivity (Wildman–Crippen MR) is 97.7 cm³/mol. The fraction of sp³-hybridized carbons (Fsp3) is 0.474. The van der Waals surface area contributed by atoms with Crippen LogP contribution in [-0.4, -0.2) is 69.3 Å². The maximum Gasteiger partial charge on any atom is 0.219 e. The second-order valence-electron chi connectivity index (χ2n) is 6.61. The number of aliphatic hydroxyl groups is 1. The number of hydrogen-bond donors (Lipinski definition) is 1. The van der Waals surface area contributed by atoms with E-state index >= 15 is 0 Å². The average molecular weight is 358 g/mol. The maximum absolute atomic E-state index is 11.6. The number of amides is 1. The van der Waals surface area contributed by atoms with Gasteiger partial charge in [0.15, 0.2) is 0 Å². The third-order valence-corrected chi connectivity index (χ3v) is 4.56. The normalized spacial score (nSPS) is 18.5. The van der Waals surface area contributed by atoms with Crippen LogP contribution in [0.15, 0.2) is 43.0 Å². The van der Waals surface area contributed by atoms with Crippen LogP contribution in [0.1, 0.15) is 12.5 Å². The van der Waals surface area contributed by atoms with Crippen molar-refractivity contribution < 1.29 is 14.6 Å². The lowest BCUT2D eigenvalue weighted by Crippen LogP contribution is -2.36. The minimum absolute atomic E-state index is 0.00846. The maximum atomic E-state index is 11.6. The fourth-order valence-corrected chi connectivity index (χ4v) is 3.18. The number of ether oxygens (including phenoxy) is 1. The first kappa shape index (κ1) is 18.4. The smallest absolute Gasteiger partial charge is 0.219 e. The van der Waals surface area contributed by atoms with Gasteiger partial charge in [0.25, 0.3) is 0 Å². The lowest BCUT2D eigenvalue weighted by Gasteiger charge is -2.22. The van der Waals surface area contributed by atoms with Crippen LogP contribution in [-0.2, 0) is 17.9 Å². The van der Waals surface area contributed by atoms with Crippen molar-refractivity contribution in [2.24, 2.45) is 0 Å². The van der Waals surface area contributed by atoms with Gasteiger partial charge in [-0.2, -0.15) is 0 Å². The summed E-state index contributed by atoms with van der Waals surface area (Å²) in [6.07, 6.45) is 4.91. The monoisotopic (exact) mass is 358 g/mol. The molecule has 1 aromatic heterocycles. The van der Waals surface area contributed by atoms with Gasteiger partial charge in [-0.15, -0.1) is 0 Å². The van der Waals surface area contributed by atoms with Gasteiger partial charge in [0, 0.05) is 57.6 Å². The molecule has 3 rings (SSSR count). The van der Waals surface area contributed by atoms with E-state index in [4.69, 9.17) is 4.74 Å². The molecular weight excluding hydrogens is 332 g/mol. The molecule has 1 amide bonds. The Bertz CT molecular complexity index is 705. The molecule has 7 heteroatoms. The number of imidazole rings is 1. The number of para-hydroxylation sites is 1. The Kier molecular flexibility index (Phi) is 6.25. The number of nitrogens with zero attached hydrogens (tertiary/aromatic N) is 4. The highest BCUT2D eigenvalue weighted by molar-refractivity contribution is 5.73. The summed E-state index contributed by atoms with van der Waals surface area (Å²) in [5, 5.41) is 10.2.